The Labute approximate surface area is 753 Å². The zero-order chi connectivity index (χ0) is 87.1. The van der Waals surface area contributed by atoms with Gasteiger partial charge in [-0.05, 0) is 158 Å². The van der Waals surface area contributed by atoms with E-state index in [4.69, 9.17) is 34.4 Å². The van der Waals surface area contributed by atoms with E-state index < -0.39 is 0 Å². The molecular weight excluding hydrogens is 1710 g/mol. The fourth-order valence-electron chi connectivity index (χ4n) is 17.3. The SMILES string of the molecule is Cc1nn2c(c1-c1nc(C3CCCCC3)c(-c3ncn[nH]3)s1)CCCC2.Cc1nn2ccccc2c1-c1nc(-c2ccc(F)cc2)c(C2=NC=NC2)s1.Cc1nn2ccccc2c1-c1nc(-c2ccoc2)c(-c2ncn[nH]2)s1.Cc1nn2ccccc2c1-c1nc(C(C)(C)C)c(-c2ncn[nH]2)s1.Cc1nn2ccccc2c1-c1nc(C2CCCCC2)c(-c2ncn[nH]2)s1. The minimum absolute atomic E-state index is 0.0895. The monoisotopic (exact) mass is 1790 g/mol. The Bertz CT molecular complexity index is 7280. The van der Waals surface area contributed by atoms with E-state index in [0.717, 1.165) is 182 Å². The number of halogens is 1. The van der Waals surface area contributed by atoms with Gasteiger partial charge in [0.25, 0.3) is 0 Å². The second-order valence-electron chi connectivity index (χ2n) is 32.9. The van der Waals surface area contributed by atoms with Gasteiger partial charge in [-0.1, -0.05) is 83.6 Å². The number of aromatic amines is 4. The summed E-state index contributed by atoms with van der Waals surface area (Å²) in [5, 5.41) is 56.1. The first-order chi connectivity index (χ1) is 62.6. The molecule has 0 amide bonds. The zero-order valence-corrected chi connectivity index (χ0v) is 75.5. The summed E-state index contributed by atoms with van der Waals surface area (Å²) in [6.45, 7) is 18.2. The summed E-state index contributed by atoms with van der Waals surface area (Å²) in [6, 6.07) is 32.5. The lowest BCUT2D eigenvalue weighted by Gasteiger charge is -2.20. The third-order valence-electron chi connectivity index (χ3n) is 23.3. The maximum absolute atomic E-state index is 13.4. The third-order valence-corrected chi connectivity index (χ3v) is 28.8. The zero-order valence-electron chi connectivity index (χ0n) is 71.4. The van der Waals surface area contributed by atoms with Crippen LogP contribution in [0.1, 0.15) is 166 Å². The van der Waals surface area contributed by atoms with Gasteiger partial charge in [-0.25, -0.2) is 72.3 Å². The minimum Gasteiger partial charge on any atom is -0.472 e. The number of aryl methyl sites for hydroxylation is 6. The van der Waals surface area contributed by atoms with Crippen molar-refractivity contribution in [1.29, 1.82) is 0 Å². The largest absolute Gasteiger partial charge is 0.472 e. The van der Waals surface area contributed by atoms with E-state index in [1.807, 2.05) is 130 Å². The topological polar surface area (TPSA) is 356 Å². The van der Waals surface area contributed by atoms with Crippen LogP contribution < -0.4 is 0 Å². The third kappa shape index (κ3) is 16.4. The van der Waals surface area contributed by atoms with Gasteiger partial charge >= 0.3 is 0 Å². The molecule has 0 bridgehead atoms. The highest BCUT2D eigenvalue weighted by Gasteiger charge is 2.34. The summed E-state index contributed by atoms with van der Waals surface area (Å²) in [6.07, 6.45) is 35.2. The second kappa shape index (κ2) is 35.7. The number of hydrogen-bond donors (Lipinski definition) is 4. The van der Waals surface area contributed by atoms with E-state index in [2.05, 4.69) is 143 Å². The Morgan fingerprint density at radius 2 is 0.828 bits per heavy atom. The molecule has 2 fully saturated rings. The van der Waals surface area contributed by atoms with Crippen LogP contribution in [0, 0.1) is 40.4 Å². The quantitative estimate of drug-likeness (QED) is 0.0785. The summed E-state index contributed by atoms with van der Waals surface area (Å²) in [5.74, 6) is 3.91. The summed E-state index contributed by atoms with van der Waals surface area (Å²) < 4.78 is 28.4. The number of nitrogens with zero attached hydrogens (tertiary/aromatic N) is 25. The molecule has 21 heterocycles. The number of H-pyrrole nitrogens is 4. The van der Waals surface area contributed by atoms with Crippen molar-refractivity contribution in [2.45, 2.75) is 163 Å². The first-order valence-corrected chi connectivity index (χ1v) is 46.8. The molecule has 0 atom stereocenters. The summed E-state index contributed by atoms with van der Waals surface area (Å²) in [4.78, 5) is 56.3. The van der Waals surface area contributed by atoms with Crippen LogP contribution in [0.25, 0.3) is 140 Å². The molecule has 128 heavy (non-hydrogen) atoms. The maximum atomic E-state index is 13.4. The Balaban J connectivity index is 0.000000101. The molecule has 20 aromatic rings. The van der Waals surface area contributed by atoms with Crippen LogP contribution in [0.4, 0.5) is 4.39 Å². The highest BCUT2D eigenvalue weighted by Crippen LogP contribution is 2.49. The lowest BCUT2D eigenvalue weighted by molar-refractivity contribution is 0.438. The summed E-state index contributed by atoms with van der Waals surface area (Å²) >= 11 is 8.23. The second-order valence-corrected chi connectivity index (χ2v) is 37.9. The number of furan rings is 1. The number of aromatic nitrogens is 27. The molecule has 0 saturated heterocycles. The Morgan fingerprint density at radius 3 is 1.27 bits per heavy atom. The lowest BCUT2D eigenvalue weighted by Crippen LogP contribution is -2.13. The normalized spacial score (nSPS) is 14.2. The van der Waals surface area contributed by atoms with Crippen molar-refractivity contribution in [3.8, 4) is 118 Å². The highest BCUT2D eigenvalue weighted by molar-refractivity contribution is 7.20. The van der Waals surface area contributed by atoms with Gasteiger partial charge in [0, 0.05) is 65.4 Å². The van der Waals surface area contributed by atoms with Crippen molar-refractivity contribution >= 4 is 90.8 Å². The molecule has 0 spiro atoms. The summed E-state index contributed by atoms with van der Waals surface area (Å²) in [5.41, 5.74) is 23.6. The van der Waals surface area contributed by atoms with Crippen molar-refractivity contribution in [2.75, 3.05) is 6.54 Å². The molecule has 644 valence electrons. The van der Waals surface area contributed by atoms with Crippen LogP contribution in [-0.2, 0) is 18.4 Å². The van der Waals surface area contributed by atoms with E-state index in [0.29, 0.717) is 24.2 Å². The average Bonchev–Trinajstić information content (AvgIpc) is 1.62. The number of aliphatic imine (C=N–C) groups is 2. The number of fused-ring (bicyclic) bond motifs is 5. The first-order valence-electron chi connectivity index (χ1n) is 42.7. The van der Waals surface area contributed by atoms with Gasteiger partial charge in [0.1, 0.15) is 62.5 Å². The predicted octanol–water partition coefficient (Wildman–Crippen LogP) is 21.1. The van der Waals surface area contributed by atoms with Crippen LogP contribution in [0.5, 0.6) is 0 Å². The molecule has 2 aliphatic carbocycles. The number of pyridine rings is 4. The molecule has 19 aromatic heterocycles. The van der Waals surface area contributed by atoms with Crippen LogP contribution in [0.15, 0.2) is 180 Å². The maximum Gasteiger partial charge on any atom is 0.167 e. The van der Waals surface area contributed by atoms with Crippen LogP contribution in [0.2, 0.25) is 0 Å². The van der Waals surface area contributed by atoms with Gasteiger partial charge in [-0.2, -0.15) is 45.9 Å². The molecule has 24 rings (SSSR count). The predicted molar refractivity (Wildman–Crippen MR) is 500 cm³/mol. The van der Waals surface area contributed by atoms with Gasteiger partial charge < -0.3 is 4.42 Å². The van der Waals surface area contributed by atoms with Crippen molar-refractivity contribution in [3.63, 3.8) is 0 Å². The van der Waals surface area contributed by atoms with Crippen LogP contribution in [0.3, 0.4) is 0 Å². The minimum atomic E-state index is -0.268. The molecule has 2 aliphatic heterocycles. The van der Waals surface area contributed by atoms with Gasteiger partial charge in [0.15, 0.2) is 23.3 Å². The fraction of sp³-hybridized carbons (Fsp3) is 0.283. The lowest BCUT2D eigenvalue weighted by atomic mass is 9.86. The number of hydrogen-bond acceptors (Lipinski definition) is 26. The van der Waals surface area contributed by atoms with Crippen molar-refractivity contribution in [2.24, 2.45) is 9.98 Å². The standard InChI is InChI=1S/C20H14FN5S.C19H24N6S.C19H20N6S.C17H12N6OS.C17H18N6S/c1-12-17(16-4-2-3-9-26(16)25-12)20-24-18(13-5-7-14(21)8-6-13)19(27-20)15-10-22-11-23-15;2*1-12-15(14-9-5-6-10-25(14)24-12)19-22-16(13-7-3-2-4-8-13)17(26-19)18-20-11-21-23-18;1-10-13(12-4-2-3-6-23(12)22-10)17-20-14(11-5-7-24-8-11)15(25-17)16-18-9-19-21-16;1-10-12(11-7-5-6-8-23(11)22-10)16-20-14(17(2,3)4)13(24-16)15-18-9-19-21-15/h2-9,11H,10H2,1H3;11,13H,2-10H2,1H3,(H,20,21,23);5-6,9-11,13H,2-4,7-8H2,1H3,(H,20,21,23);2-9H,1H3,(H,18,19,21);5-9H,1-4H3,(H,18,19,21). The van der Waals surface area contributed by atoms with Gasteiger partial charge in [0.2, 0.25) is 0 Å². The molecule has 0 radical (unpaired) electrons. The average molecular weight is 1800 g/mol. The van der Waals surface area contributed by atoms with Crippen molar-refractivity contribution < 1.29 is 8.81 Å². The molecule has 36 heteroatoms. The molecule has 30 nitrogen and oxygen atoms in total. The molecule has 1 aromatic carbocycles. The Kier molecular flexibility index (Phi) is 23.1. The highest BCUT2D eigenvalue weighted by atomic mass is 32.1. The van der Waals surface area contributed by atoms with E-state index in [-0.39, 0.29) is 11.2 Å². The van der Waals surface area contributed by atoms with Crippen LogP contribution >= 0.6 is 56.7 Å². The van der Waals surface area contributed by atoms with E-state index in [1.54, 1.807) is 100 Å². The van der Waals surface area contributed by atoms with E-state index >= 15 is 0 Å². The van der Waals surface area contributed by atoms with E-state index in [9.17, 15) is 4.39 Å². The fourth-order valence-corrected chi connectivity index (χ4v) is 23.4. The number of nitrogens with one attached hydrogen (secondary N) is 4. The summed E-state index contributed by atoms with van der Waals surface area (Å²) in [7, 11) is 0. The molecule has 2 saturated carbocycles. The Hall–Kier alpha value is -13.6. The molecule has 0 unspecified atom stereocenters. The van der Waals surface area contributed by atoms with Crippen molar-refractivity contribution in [1.82, 2.24) is 134 Å². The smallest absolute Gasteiger partial charge is 0.167 e. The van der Waals surface area contributed by atoms with Gasteiger partial charge in [-0.3, -0.25) is 30.1 Å². The van der Waals surface area contributed by atoms with Gasteiger partial charge in [-0.15, -0.1) is 56.7 Å². The molecule has 4 N–H and O–H groups in total. The number of rotatable bonds is 14. The molecule has 4 aliphatic rings. The van der Waals surface area contributed by atoms with Crippen molar-refractivity contribution in [3.05, 3.63) is 228 Å². The first kappa shape index (κ1) is 82.7. The number of benzene rings is 1. The number of thiazole rings is 5. The van der Waals surface area contributed by atoms with Gasteiger partial charge in [0.05, 0.1) is 156 Å². The molecular formula is C92H88FN29OS5. The Morgan fingerprint density at radius 1 is 0.414 bits per heavy atom. The van der Waals surface area contributed by atoms with Crippen LogP contribution in [-0.4, -0.2) is 152 Å². The van der Waals surface area contributed by atoms with E-state index in [1.165, 1.54) is 129 Å².